The molecule has 26 heavy (non-hydrogen) atoms. The van der Waals surface area contributed by atoms with Crippen LogP contribution in [0.1, 0.15) is 11.4 Å². The fourth-order valence-corrected chi connectivity index (χ4v) is 2.76. The molecular formula is C19H23N5O2. The van der Waals surface area contributed by atoms with E-state index in [1.54, 1.807) is 20.3 Å². The average molecular weight is 353 g/mol. The molecule has 0 bridgehead atoms. The molecular weight excluding hydrogens is 330 g/mol. The summed E-state index contributed by atoms with van der Waals surface area (Å²) in [5.41, 5.74) is 10.0. The maximum Gasteiger partial charge on any atom is 0.193 e. The molecule has 0 spiro atoms. The van der Waals surface area contributed by atoms with Gasteiger partial charge in [-0.2, -0.15) is 0 Å². The highest BCUT2D eigenvalue weighted by molar-refractivity contribution is 5.92. The van der Waals surface area contributed by atoms with Crippen molar-refractivity contribution in [3.63, 3.8) is 0 Å². The molecule has 2 aromatic carbocycles. The molecule has 3 rings (SSSR count). The van der Waals surface area contributed by atoms with E-state index in [0.29, 0.717) is 24.0 Å². The first-order chi connectivity index (χ1) is 12.5. The molecule has 0 unspecified atom stereocenters. The van der Waals surface area contributed by atoms with Crippen molar-refractivity contribution in [1.29, 1.82) is 0 Å². The van der Waals surface area contributed by atoms with Crippen molar-refractivity contribution in [2.24, 2.45) is 17.8 Å². The first kappa shape index (κ1) is 17.6. The predicted octanol–water partition coefficient (Wildman–Crippen LogP) is 2.83. The summed E-state index contributed by atoms with van der Waals surface area (Å²) in [4.78, 5) is 9.03. The van der Waals surface area contributed by atoms with E-state index in [1.807, 2.05) is 23.7 Å². The lowest BCUT2D eigenvalue weighted by Crippen LogP contribution is -2.22. The second-order valence-corrected chi connectivity index (χ2v) is 5.98. The fraction of sp³-hybridized carbons (Fsp3) is 0.263. The summed E-state index contributed by atoms with van der Waals surface area (Å²) in [6, 6.07) is 11.7. The monoisotopic (exact) mass is 353 g/mol. The molecule has 0 aliphatic carbocycles. The maximum atomic E-state index is 6.01. The van der Waals surface area contributed by atoms with Crippen LogP contribution in [0.5, 0.6) is 11.5 Å². The van der Waals surface area contributed by atoms with E-state index in [9.17, 15) is 0 Å². The zero-order chi connectivity index (χ0) is 18.7. The number of imidazole rings is 1. The number of aryl methyl sites for hydroxylation is 2. The van der Waals surface area contributed by atoms with E-state index in [1.165, 1.54) is 5.56 Å². The topological polar surface area (TPSA) is 86.7 Å². The van der Waals surface area contributed by atoms with Crippen molar-refractivity contribution in [2.45, 2.75) is 13.5 Å². The summed E-state index contributed by atoms with van der Waals surface area (Å²) in [5.74, 6) is 2.43. The number of rotatable bonds is 5. The molecule has 3 aromatic rings. The van der Waals surface area contributed by atoms with Crippen molar-refractivity contribution in [3.05, 3.63) is 47.8 Å². The minimum absolute atomic E-state index is 0.306. The van der Waals surface area contributed by atoms with E-state index in [-0.39, 0.29) is 0 Å². The smallest absolute Gasteiger partial charge is 0.193 e. The lowest BCUT2D eigenvalue weighted by molar-refractivity contribution is 0.355. The predicted molar refractivity (Wildman–Crippen MR) is 104 cm³/mol. The fourth-order valence-electron chi connectivity index (χ4n) is 2.76. The van der Waals surface area contributed by atoms with Gasteiger partial charge in [-0.05, 0) is 36.8 Å². The third-order valence-corrected chi connectivity index (χ3v) is 4.18. The number of benzene rings is 2. The molecule has 1 aromatic heterocycles. The Kier molecular flexibility index (Phi) is 4.97. The summed E-state index contributed by atoms with van der Waals surface area (Å²) in [5, 5.41) is 3.06. The van der Waals surface area contributed by atoms with Gasteiger partial charge < -0.3 is 25.1 Å². The van der Waals surface area contributed by atoms with E-state index in [0.717, 1.165) is 22.5 Å². The van der Waals surface area contributed by atoms with Crippen molar-refractivity contribution in [1.82, 2.24) is 9.55 Å². The summed E-state index contributed by atoms with van der Waals surface area (Å²) in [6.07, 6.45) is 0. The van der Waals surface area contributed by atoms with Crippen LogP contribution >= 0.6 is 0 Å². The Morgan fingerprint density at radius 1 is 1.15 bits per heavy atom. The second-order valence-electron chi connectivity index (χ2n) is 5.98. The summed E-state index contributed by atoms with van der Waals surface area (Å²) < 4.78 is 12.5. The van der Waals surface area contributed by atoms with Gasteiger partial charge >= 0.3 is 0 Å². The van der Waals surface area contributed by atoms with Crippen LogP contribution in [0.4, 0.5) is 5.69 Å². The number of aliphatic imine (C=N–C) groups is 1. The highest BCUT2D eigenvalue weighted by atomic mass is 16.5. The quantitative estimate of drug-likeness (QED) is 0.544. The van der Waals surface area contributed by atoms with Crippen molar-refractivity contribution in [2.75, 3.05) is 19.5 Å². The largest absolute Gasteiger partial charge is 0.493 e. The number of nitrogens with two attached hydrogens (primary N) is 1. The van der Waals surface area contributed by atoms with Gasteiger partial charge in [0.1, 0.15) is 12.4 Å². The number of hydrogen-bond acceptors (Lipinski definition) is 4. The standard InChI is InChI=1S/C19H23N5O2/c1-12-5-7-15-14(9-12)23-18(24(15)2)11-21-19(20)22-13-6-8-16(25-3)17(10-13)26-4/h5-10H,11H2,1-4H3,(H3,20,21,22). The Bertz CT molecular complexity index is 962. The molecule has 0 amide bonds. The number of hydrogen-bond donors (Lipinski definition) is 2. The highest BCUT2D eigenvalue weighted by Crippen LogP contribution is 2.29. The zero-order valence-corrected chi connectivity index (χ0v) is 15.4. The lowest BCUT2D eigenvalue weighted by atomic mass is 10.2. The first-order valence-corrected chi connectivity index (χ1v) is 8.22. The Hall–Kier alpha value is -3.22. The van der Waals surface area contributed by atoms with Crippen LogP contribution in [0, 0.1) is 6.92 Å². The Balaban J connectivity index is 1.75. The average Bonchev–Trinajstić information content (AvgIpc) is 2.94. The van der Waals surface area contributed by atoms with Gasteiger partial charge in [0, 0.05) is 18.8 Å². The molecule has 7 heteroatoms. The van der Waals surface area contributed by atoms with E-state index < -0.39 is 0 Å². The first-order valence-electron chi connectivity index (χ1n) is 8.22. The van der Waals surface area contributed by atoms with Gasteiger partial charge in [-0.3, -0.25) is 0 Å². The van der Waals surface area contributed by atoms with Gasteiger partial charge in [0.25, 0.3) is 0 Å². The normalized spacial score (nSPS) is 11.6. The molecule has 0 radical (unpaired) electrons. The molecule has 1 heterocycles. The number of aromatic nitrogens is 2. The van der Waals surface area contributed by atoms with E-state index in [2.05, 4.69) is 40.4 Å². The van der Waals surface area contributed by atoms with Crippen molar-refractivity contribution < 1.29 is 9.47 Å². The second kappa shape index (κ2) is 7.35. The molecule has 136 valence electrons. The number of guanidine groups is 1. The minimum Gasteiger partial charge on any atom is -0.493 e. The molecule has 0 saturated carbocycles. The number of fused-ring (bicyclic) bond motifs is 1. The van der Waals surface area contributed by atoms with E-state index >= 15 is 0 Å². The molecule has 0 saturated heterocycles. The number of nitrogens with zero attached hydrogens (tertiary/aromatic N) is 3. The van der Waals surface area contributed by atoms with Crippen molar-refractivity contribution in [3.8, 4) is 11.5 Å². The van der Waals surface area contributed by atoms with Crippen LogP contribution in [0.25, 0.3) is 11.0 Å². The van der Waals surface area contributed by atoms with Crippen LogP contribution < -0.4 is 20.5 Å². The SMILES string of the molecule is COc1ccc(NC(N)=NCc2nc3cc(C)ccc3n2C)cc1OC. The van der Waals surface area contributed by atoms with Crippen LogP contribution in [0.3, 0.4) is 0 Å². The molecule has 0 atom stereocenters. The van der Waals surface area contributed by atoms with Gasteiger partial charge in [-0.15, -0.1) is 0 Å². The molecule has 0 aliphatic heterocycles. The number of nitrogens with one attached hydrogen (secondary N) is 1. The third kappa shape index (κ3) is 3.56. The van der Waals surface area contributed by atoms with Gasteiger partial charge in [-0.1, -0.05) is 6.07 Å². The van der Waals surface area contributed by atoms with E-state index in [4.69, 9.17) is 15.2 Å². The Morgan fingerprint density at radius 2 is 1.92 bits per heavy atom. The third-order valence-electron chi connectivity index (χ3n) is 4.18. The summed E-state index contributed by atoms with van der Waals surface area (Å²) >= 11 is 0. The van der Waals surface area contributed by atoms with Crippen LogP contribution in [-0.4, -0.2) is 29.7 Å². The molecule has 0 fully saturated rings. The van der Waals surface area contributed by atoms with Gasteiger partial charge in [0.05, 0.1) is 25.3 Å². The number of anilines is 1. The van der Waals surface area contributed by atoms with Crippen LogP contribution in [-0.2, 0) is 13.6 Å². The Labute approximate surface area is 152 Å². The highest BCUT2D eigenvalue weighted by Gasteiger charge is 2.08. The summed E-state index contributed by atoms with van der Waals surface area (Å²) in [7, 11) is 5.17. The Morgan fingerprint density at radius 3 is 2.65 bits per heavy atom. The van der Waals surface area contributed by atoms with Gasteiger partial charge in [0.15, 0.2) is 17.5 Å². The van der Waals surface area contributed by atoms with Gasteiger partial charge in [0.2, 0.25) is 0 Å². The zero-order valence-electron chi connectivity index (χ0n) is 15.4. The molecule has 0 aliphatic rings. The van der Waals surface area contributed by atoms with Crippen LogP contribution in [0.2, 0.25) is 0 Å². The van der Waals surface area contributed by atoms with Gasteiger partial charge in [-0.25, -0.2) is 9.98 Å². The molecule has 3 N–H and O–H groups in total. The number of methoxy groups -OCH3 is 2. The number of ether oxygens (including phenoxy) is 2. The lowest BCUT2D eigenvalue weighted by Gasteiger charge is -2.10. The van der Waals surface area contributed by atoms with Crippen molar-refractivity contribution >= 4 is 22.7 Å². The minimum atomic E-state index is 0.306. The summed E-state index contributed by atoms with van der Waals surface area (Å²) in [6.45, 7) is 2.44. The van der Waals surface area contributed by atoms with Crippen LogP contribution in [0.15, 0.2) is 41.4 Å². The maximum absolute atomic E-state index is 6.01. The molecule has 7 nitrogen and oxygen atoms in total.